The van der Waals surface area contributed by atoms with Gasteiger partial charge in [-0.15, -0.1) is 0 Å². The zero-order chi connectivity index (χ0) is 13.5. The molecular weight excluding hydrogens is 324 g/mol. The lowest BCUT2D eigenvalue weighted by atomic mass is 10.2. The maximum absolute atomic E-state index is 11.6. The molecule has 0 spiro atoms. The lowest BCUT2D eigenvalue weighted by molar-refractivity contribution is -0.116. The molecule has 0 unspecified atom stereocenters. The molecule has 1 aliphatic rings. The summed E-state index contributed by atoms with van der Waals surface area (Å²) in [4.78, 5) is 14.1. The van der Waals surface area contributed by atoms with Gasteiger partial charge in [0.15, 0.2) is 0 Å². The van der Waals surface area contributed by atoms with Crippen LogP contribution in [0, 0.1) is 0 Å². The van der Waals surface area contributed by atoms with Crippen LogP contribution in [0.15, 0.2) is 21.5 Å². The molecule has 1 aliphatic heterocycles. The van der Waals surface area contributed by atoms with Crippen molar-refractivity contribution in [2.24, 2.45) is 0 Å². The van der Waals surface area contributed by atoms with Gasteiger partial charge >= 0.3 is 0 Å². The van der Waals surface area contributed by atoms with Crippen LogP contribution >= 0.6 is 15.9 Å². The number of sulfonamides is 1. The zero-order valence-corrected chi connectivity index (χ0v) is 11.9. The number of anilines is 1. The van der Waals surface area contributed by atoms with Crippen LogP contribution in [0.2, 0.25) is 0 Å². The molecule has 0 saturated heterocycles. The highest BCUT2D eigenvalue weighted by atomic mass is 79.9. The van der Waals surface area contributed by atoms with Gasteiger partial charge in [0.2, 0.25) is 5.91 Å². The summed E-state index contributed by atoms with van der Waals surface area (Å²) in [6.45, 7) is 1.96. The molecule has 0 bridgehead atoms. The number of amides is 1. The van der Waals surface area contributed by atoms with E-state index < -0.39 is 10.0 Å². The second-order valence-electron chi connectivity index (χ2n) is 3.93. The summed E-state index contributed by atoms with van der Waals surface area (Å²) < 4.78 is 23.6. The summed E-state index contributed by atoms with van der Waals surface area (Å²) in [7, 11) is -3.98. The maximum Gasteiger partial charge on any atom is 0.263 e. The first-order valence-electron chi connectivity index (χ1n) is 5.13. The number of nitrogens with zero attached hydrogens (tertiary/aromatic N) is 1. The Labute approximate surface area is 113 Å². The fourth-order valence-corrected chi connectivity index (χ4v) is 3.68. The van der Waals surface area contributed by atoms with Crippen molar-refractivity contribution in [1.29, 1.82) is 0 Å². The molecule has 1 aromatic carbocycles. The Morgan fingerprint density at radius 2 is 2.17 bits per heavy atom. The highest BCUT2D eigenvalue weighted by Gasteiger charge is 2.27. The predicted molar refractivity (Wildman–Crippen MR) is 68.0 cm³/mol. The number of nitrogens with one attached hydrogen (secondary N) is 1. The second-order valence-corrected chi connectivity index (χ2v) is 6.41. The van der Waals surface area contributed by atoms with E-state index in [9.17, 15) is 13.2 Å². The number of carbonyl (C=O) groups excluding carboxylic acids is 1. The van der Waals surface area contributed by atoms with E-state index in [0.29, 0.717) is 23.1 Å². The molecule has 0 fully saturated rings. The predicted octanol–water partition coefficient (Wildman–Crippen LogP) is 1.03. The van der Waals surface area contributed by atoms with Gasteiger partial charge in [0.25, 0.3) is 10.0 Å². The highest BCUT2D eigenvalue weighted by molar-refractivity contribution is 9.10. The zero-order valence-electron chi connectivity index (χ0n) is 9.47. The molecule has 2 N–H and O–H groups in total. The molecule has 98 valence electrons. The Kier molecular flexibility index (Phi) is 3.45. The largest absolute Gasteiger partial charge is 0.312 e. The SMILES string of the molecule is CC(=O)N1CCc2cc(Br)c(S(=O)(=O)NO)cc21. The van der Waals surface area contributed by atoms with Crippen molar-refractivity contribution in [2.75, 3.05) is 11.4 Å². The normalized spacial score (nSPS) is 14.7. The van der Waals surface area contributed by atoms with Crippen LogP contribution in [0.25, 0.3) is 0 Å². The van der Waals surface area contributed by atoms with E-state index in [-0.39, 0.29) is 10.8 Å². The number of hydrogen-bond acceptors (Lipinski definition) is 4. The van der Waals surface area contributed by atoms with Gasteiger partial charge in [0.1, 0.15) is 4.90 Å². The number of halogens is 1. The minimum absolute atomic E-state index is 0.100. The van der Waals surface area contributed by atoms with Crippen LogP contribution in [0.3, 0.4) is 0 Å². The Bertz CT molecular complexity index is 615. The van der Waals surface area contributed by atoms with Crippen LogP contribution in [0.5, 0.6) is 0 Å². The van der Waals surface area contributed by atoms with Crippen molar-refractivity contribution in [3.05, 3.63) is 22.2 Å². The van der Waals surface area contributed by atoms with Crippen LogP contribution in [0.4, 0.5) is 5.69 Å². The van der Waals surface area contributed by atoms with E-state index in [0.717, 1.165) is 5.56 Å². The fourth-order valence-electron chi connectivity index (χ4n) is 1.97. The Morgan fingerprint density at radius 3 is 2.72 bits per heavy atom. The van der Waals surface area contributed by atoms with Crippen LogP contribution in [-0.2, 0) is 21.2 Å². The van der Waals surface area contributed by atoms with E-state index in [1.54, 1.807) is 6.07 Å². The average molecular weight is 335 g/mol. The molecule has 8 heteroatoms. The highest BCUT2D eigenvalue weighted by Crippen LogP contribution is 2.35. The number of fused-ring (bicyclic) bond motifs is 1. The summed E-state index contributed by atoms with van der Waals surface area (Å²) in [5.41, 5.74) is 1.47. The molecule has 1 amide bonds. The second kappa shape index (κ2) is 4.61. The van der Waals surface area contributed by atoms with Crippen LogP contribution in [0.1, 0.15) is 12.5 Å². The number of benzene rings is 1. The van der Waals surface area contributed by atoms with Gasteiger partial charge in [-0.2, -0.15) is 0 Å². The summed E-state index contributed by atoms with van der Waals surface area (Å²) in [5.74, 6) is -0.142. The molecule has 2 rings (SSSR count). The molecular formula is C10H11BrN2O4S. The standard InChI is InChI=1S/C10H11BrN2O4S/c1-6(14)13-3-2-7-4-8(11)10(5-9(7)13)18(16,17)12-15/h4-5,12,15H,2-3H2,1H3. The summed E-state index contributed by atoms with van der Waals surface area (Å²) in [6.07, 6.45) is 0.681. The lowest BCUT2D eigenvalue weighted by Crippen LogP contribution is -2.26. The van der Waals surface area contributed by atoms with E-state index in [4.69, 9.17) is 5.21 Å². The molecule has 0 atom stereocenters. The van der Waals surface area contributed by atoms with Gasteiger partial charge in [0, 0.05) is 23.6 Å². The molecule has 1 heterocycles. The maximum atomic E-state index is 11.6. The Hall–Kier alpha value is -0.960. The molecule has 6 nitrogen and oxygen atoms in total. The third kappa shape index (κ3) is 2.16. The van der Waals surface area contributed by atoms with Crippen molar-refractivity contribution in [2.45, 2.75) is 18.2 Å². The number of carbonyl (C=O) groups is 1. The van der Waals surface area contributed by atoms with Crippen molar-refractivity contribution < 1.29 is 18.4 Å². The first kappa shape index (κ1) is 13.5. The monoisotopic (exact) mass is 334 g/mol. The smallest absolute Gasteiger partial charge is 0.263 e. The van der Waals surface area contributed by atoms with Gasteiger partial charge in [-0.1, -0.05) is 4.89 Å². The summed E-state index contributed by atoms with van der Waals surface area (Å²) >= 11 is 3.15. The molecule has 1 aromatic rings. The van der Waals surface area contributed by atoms with Gasteiger partial charge in [0.05, 0.1) is 0 Å². The Morgan fingerprint density at radius 1 is 1.50 bits per heavy atom. The minimum Gasteiger partial charge on any atom is -0.312 e. The molecule has 18 heavy (non-hydrogen) atoms. The topological polar surface area (TPSA) is 86.7 Å². The van der Waals surface area contributed by atoms with E-state index in [2.05, 4.69) is 15.9 Å². The molecule has 0 radical (unpaired) electrons. The summed E-state index contributed by atoms with van der Waals surface area (Å²) in [5, 5.41) is 8.66. The van der Waals surface area contributed by atoms with E-state index >= 15 is 0 Å². The lowest BCUT2D eigenvalue weighted by Gasteiger charge is -2.16. The Balaban J connectivity index is 2.61. The van der Waals surface area contributed by atoms with Crippen molar-refractivity contribution >= 4 is 37.5 Å². The molecule has 0 saturated carbocycles. The van der Waals surface area contributed by atoms with Crippen molar-refractivity contribution in [1.82, 2.24) is 4.89 Å². The third-order valence-corrected chi connectivity index (χ3v) is 4.89. The van der Waals surface area contributed by atoms with Gasteiger partial charge in [-0.25, -0.2) is 8.42 Å². The number of rotatable bonds is 2. The number of hydrogen-bond donors (Lipinski definition) is 2. The van der Waals surface area contributed by atoms with Gasteiger partial charge in [-0.3, -0.25) is 4.79 Å². The minimum atomic E-state index is -3.98. The molecule has 0 aliphatic carbocycles. The fraction of sp³-hybridized carbons (Fsp3) is 0.300. The van der Waals surface area contributed by atoms with Gasteiger partial charge in [-0.05, 0) is 40.0 Å². The third-order valence-electron chi connectivity index (χ3n) is 2.82. The van der Waals surface area contributed by atoms with Gasteiger partial charge < -0.3 is 10.1 Å². The molecule has 0 aromatic heterocycles. The van der Waals surface area contributed by atoms with Crippen LogP contribution in [-0.4, -0.2) is 26.1 Å². The van der Waals surface area contributed by atoms with E-state index in [1.165, 1.54) is 22.8 Å². The summed E-state index contributed by atoms with van der Waals surface area (Å²) in [6, 6.07) is 3.04. The quantitative estimate of drug-likeness (QED) is 0.791. The van der Waals surface area contributed by atoms with Crippen molar-refractivity contribution in [3.8, 4) is 0 Å². The first-order valence-corrected chi connectivity index (χ1v) is 7.41. The van der Waals surface area contributed by atoms with Crippen molar-refractivity contribution in [3.63, 3.8) is 0 Å². The average Bonchev–Trinajstić information content (AvgIpc) is 2.70. The first-order chi connectivity index (χ1) is 8.36. The van der Waals surface area contributed by atoms with Crippen LogP contribution < -0.4 is 9.79 Å². The van der Waals surface area contributed by atoms with E-state index in [1.807, 2.05) is 0 Å².